The van der Waals surface area contributed by atoms with Crippen molar-refractivity contribution in [2.45, 2.75) is 6.42 Å². The zero-order valence-electron chi connectivity index (χ0n) is 11.7. The summed E-state index contributed by atoms with van der Waals surface area (Å²) in [4.78, 5) is 17.0. The molecule has 0 saturated heterocycles. The Kier molecular flexibility index (Phi) is 3.14. The molecule has 0 atom stereocenters. The lowest BCUT2D eigenvalue weighted by molar-refractivity contribution is 1.06. The van der Waals surface area contributed by atoms with Crippen LogP contribution in [0.3, 0.4) is 0 Å². The van der Waals surface area contributed by atoms with Gasteiger partial charge in [0.1, 0.15) is 23.5 Å². The van der Waals surface area contributed by atoms with Gasteiger partial charge in [0.05, 0.1) is 29.0 Å². The first-order valence-electron chi connectivity index (χ1n) is 6.57. The number of hydrogen-bond donors (Lipinski definition) is 1. The van der Waals surface area contributed by atoms with Gasteiger partial charge in [0.25, 0.3) is 5.56 Å². The lowest BCUT2D eigenvalue weighted by Crippen LogP contribution is -2.21. The van der Waals surface area contributed by atoms with Gasteiger partial charge in [0.2, 0.25) is 0 Å². The number of rotatable bonds is 1. The molecule has 0 bridgehead atoms. The highest BCUT2D eigenvalue weighted by atomic mass is 16.1. The van der Waals surface area contributed by atoms with Gasteiger partial charge in [-0.25, -0.2) is 9.38 Å². The van der Waals surface area contributed by atoms with E-state index in [0.717, 1.165) is 4.40 Å². The van der Waals surface area contributed by atoms with Crippen LogP contribution in [0, 0.1) is 34.0 Å². The molecular formula is C16H8N6O. The molecule has 0 radical (unpaired) electrons. The van der Waals surface area contributed by atoms with Crippen LogP contribution in [-0.4, -0.2) is 9.38 Å². The van der Waals surface area contributed by atoms with Crippen molar-refractivity contribution in [3.05, 3.63) is 51.3 Å². The predicted octanol–water partition coefficient (Wildman–Crippen LogP) is 1.24. The minimum Gasteiger partial charge on any atom is -0.384 e. The fraction of sp³-hybridized carbons (Fsp3) is 0.0625. The van der Waals surface area contributed by atoms with Crippen LogP contribution in [-0.2, 0) is 6.42 Å². The first-order valence-corrected chi connectivity index (χ1v) is 6.57. The number of nitriles is 3. The molecule has 23 heavy (non-hydrogen) atoms. The van der Waals surface area contributed by atoms with E-state index in [4.69, 9.17) is 11.0 Å². The van der Waals surface area contributed by atoms with Gasteiger partial charge in [-0.05, 0) is 12.1 Å². The summed E-state index contributed by atoms with van der Waals surface area (Å²) in [7, 11) is 0. The third-order valence-electron chi connectivity index (χ3n) is 3.58. The predicted molar refractivity (Wildman–Crippen MR) is 82.1 cm³/mol. The highest BCUT2D eigenvalue weighted by Crippen LogP contribution is 2.25. The fourth-order valence-corrected chi connectivity index (χ4v) is 2.55. The number of nitrogen functional groups attached to an aromatic ring is 1. The van der Waals surface area contributed by atoms with Gasteiger partial charge in [-0.15, -0.1) is 0 Å². The average molecular weight is 300 g/mol. The Balaban J connectivity index is 2.69. The summed E-state index contributed by atoms with van der Waals surface area (Å²) in [5.41, 5.74) is 6.13. The van der Waals surface area contributed by atoms with Crippen LogP contribution >= 0.6 is 0 Å². The summed E-state index contributed by atoms with van der Waals surface area (Å²) in [6.07, 6.45) is -0.171. The zero-order chi connectivity index (χ0) is 16.6. The molecule has 0 fully saturated rings. The highest BCUT2D eigenvalue weighted by Gasteiger charge is 2.21. The number of nitrogens with zero attached hydrogens (tertiary/aromatic N) is 5. The van der Waals surface area contributed by atoms with E-state index in [9.17, 15) is 15.3 Å². The second-order valence-electron chi connectivity index (χ2n) is 4.77. The maximum Gasteiger partial charge on any atom is 0.267 e. The molecular weight excluding hydrogens is 292 g/mol. The summed E-state index contributed by atoms with van der Waals surface area (Å²) >= 11 is 0. The van der Waals surface area contributed by atoms with Crippen LogP contribution in [0.2, 0.25) is 0 Å². The van der Waals surface area contributed by atoms with Crippen molar-refractivity contribution in [3.8, 4) is 18.2 Å². The van der Waals surface area contributed by atoms with E-state index < -0.39 is 5.56 Å². The van der Waals surface area contributed by atoms with Gasteiger partial charge in [0.15, 0.2) is 5.65 Å². The van der Waals surface area contributed by atoms with Gasteiger partial charge in [-0.1, -0.05) is 12.1 Å². The Bertz CT molecular complexity index is 1150. The van der Waals surface area contributed by atoms with Gasteiger partial charge in [0, 0.05) is 5.56 Å². The molecule has 0 aliphatic carbocycles. The van der Waals surface area contributed by atoms with Crippen LogP contribution in [0.25, 0.3) is 16.6 Å². The van der Waals surface area contributed by atoms with Gasteiger partial charge in [-0.3, -0.25) is 4.79 Å². The quantitative estimate of drug-likeness (QED) is 0.672. The maximum absolute atomic E-state index is 12.7. The number of nitrogens with two attached hydrogens (primary N) is 1. The average Bonchev–Trinajstić information content (AvgIpc) is 2.56. The van der Waals surface area contributed by atoms with Gasteiger partial charge in [-0.2, -0.15) is 15.8 Å². The minimum absolute atomic E-state index is 0.0140. The summed E-state index contributed by atoms with van der Waals surface area (Å²) in [6, 6.07) is 12.4. The molecule has 1 aromatic carbocycles. The van der Waals surface area contributed by atoms with Crippen LogP contribution in [0.15, 0.2) is 29.1 Å². The SMILES string of the molecule is N#CCc1c(C#N)c(N)n2c(=O)c3ccccc3nc2c1C#N. The second kappa shape index (κ2) is 5.14. The number of aromatic nitrogens is 2. The molecule has 0 amide bonds. The Morgan fingerprint density at radius 2 is 1.83 bits per heavy atom. The van der Waals surface area contributed by atoms with Crippen molar-refractivity contribution in [1.82, 2.24) is 9.38 Å². The Labute approximate surface area is 130 Å². The number of para-hydroxylation sites is 1. The van der Waals surface area contributed by atoms with E-state index in [1.165, 1.54) is 0 Å². The molecule has 0 aliphatic rings. The molecule has 3 rings (SSSR count). The summed E-state index contributed by atoms with van der Waals surface area (Å²) in [6.45, 7) is 0. The van der Waals surface area contributed by atoms with Crippen molar-refractivity contribution in [2.75, 3.05) is 5.73 Å². The van der Waals surface area contributed by atoms with E-state index >= 15 is 0 Å². The number of hydrogen-bond acceptors (Lipinski definition) is 6. The van der Waals surface area contributed by atoms with Gasteiger partial charge < -0.3 is 5.73 Å². The van der Waals surface area contributed by atoms with E-state index in [2.05, 4.69) is 4.98 Å². The lowest BCUT2D eigenvalue weighted by atomic mass is 10.0. The topological polar surface area (TPSA) is 132 Å². The number of benzene rings is 1. The normalized spacial score (nSPS) is 10.1. The fourth-order valence-electron chi connectivity index (χ4n) is 2.55. The zero-order valence-corrected chi connectivity index (χ0v) is 11.7. The largest absolute Gasteiger partial charge is 0.384 e. The van der Waals surface area contributed by atoms with Crippen molar-refractivity contribution >= 4 is 22.4 Å². The van der Waals surface area contributed by atoms with E-state index in [0.29, 0.717) is 10.9 Å². The summed E-state index contributed by atoms with van der Waals surface area (Å²) in [5, 5.41) is 28.1. The summed E-state index contributed by atoms with van der Waals surface area (Å²) in [5.74, 6) is -0.116. The maximum atomic E-state index is 12.7. The Hall–Kier alpha value is -3.89. The lowest BCUT2D eigenvalue weighted by Gasteiger charge is -2.12. The van der Waals surface area contributed by atoms with E-state index in [-0.39, 0.29) is 34.6 Å². The van der Waals surface area contributed by atoms with Crippen molar-refractivity contribution < 1.29 is 0 Å². The molecule has 3 aromatic rings. The number of pyridine rings is 1. The number of anilines is 1. The Morgan fingerprint density at radius 3 is 2.48 bits per heavy atom. The van der Waals surface area contributed by atoms with E-state index in [1.807, 2.05) is 18.2 Å². The van der Waals surface area contributed by atoms with Crippen molar-refractivity contribution in [3.63, 3.8) is 0 Å². The van der Waals surface area contributed by atoms with Gasteiger partial charge >= 0.3 is 0 Å². The first-order chi connectivity index (χ1) is 11.1. The van der Waals surface area contributed by atoms with E-state index in [1.54, 1.807) is 24.3 Å². The third kappa shape index (κ3) is 1.87. The monoisotopic (exact) mass is 300 g/mol. The molecule has 0 saturated carbocycles. The van der Waals surface area contributed by atoms with Crippen molar-refractivity contribution in [2.24, 2.45) is 0 Å². The third-order valence-corrected chi connectivity index (χ3v) is 3.58. The first kappa shape index (κ1) is 14.1. The molecule has 2 N–H and O–H groups in total. The van der Waals surface area contributed by atoms with Crippen LogP contribution in [0.1, 0.15) is 16.7 Å². The van der Waals surface area contributed by atoms with Crippen LogP contribution in [0.4, 0.5) is 5.82 Å². The standard InChI is InChI=1S/C16H8N6O/c17-6-5-9-11(7-18)14(20)22-15(12(9)8-19)21-13-4-2-1-3-10(13)16(22)23/h1-4H,5,20H2. The molecule has 108 valence electrons. The molecule has 0 unspecified atom stereocenters. The van der Waals surface area contributed by atoms with Crippen LogP contribution in [0.5, 0.6) is 0 Å². The van der Waals surface area contributed by atoms with Crippen molar-refractivity contribution in [1.29, 1.82) is 15.8 Å². The minimum atomic E-state index is -0.459. The van der Waals surface area contributed by atoms with Crippen LogP contribution < -0.4 is 11.3 Å². The Morgan fingerprint density at radius 1 is 1.13 bits per heavy atom. The molecule has 7 heteroatoms. The summed E-state index contributed by atoms with van der Waals surface area (Å²) < 4.78 is 1.06. The molecule has 2 heterocycles. The highest BCUT2D eigenvalue weighted by molar-refractivity contribution is 5.82. The smallest absolute Gasteiger partial charge is 0.267 e. The molecule has 2 aromatic heterocycles. The molecule has 0 aliphatic heterocycles. The second-order valence-corrected chi connectivity index (χ2v) is 4.77. The molecule has 0 spiro atoms. The number of fused-ring (bicyclic) bond motifs is 2. The molecule has 7 nitrogen and oxygen atoms in total.